The first kappa shape index (κ1) is 17.7. The van der Waals surface area contributed by atoms with Crippen molar-refractivity contribution in [3.8, 4) is 0 Å². The largest absolute Gasteiger partial charge is 0.350 e. The third-order valence-electron chi connectivity index (χ3n) is 3.03. The fraction of sp³-hybridized carbons (Fsp3) is 0.125. The van der Waals surface area contributed by atoms with Gasteiger partial charge in [0, 0.05) is 23.5 Å². The molecule has 0 aliphatic heterocycles. The minimum absolute atomic E-state index is 0.237. The Morgan fingerprint density at radius 2 is 1.57 bits per heavy atom. The molecule has 120 valence electrons. The summed E-state index contributed by atoms with van der Waals surface area (Å²) in [6.07, 6.45) is 0. The Labute approximate surface area is 149 Å². The highest BCUT2D eigenvalue weighted by molar-refractivity contribution is 7.80. The predicted molar refractivity (Wildman–Crippen MR) is 94.8 cm³/mol. The van der Waals surface area contributed by atoms with Crippen molar-refractivity contribution in [1.29, 1.82) is 0 Å². The molecule has 2 aromatic rings. The van der Waals surface area contributed by atoms with Crippen LogP contribution in [0.4, 0.5) is 0 Å². The van der Waals surface area contributed by atoms with Gasteiger partial charge in [-0.05, 0) is 30.3 Å². The number of carbonyl (C=O) groups is 2. The van der Waals surface area contributed by atoms with Crippen molar-refractivity contribution in [2.75, 3.05) is 13.1 Å². The van der Waals surface area contributed by atoms with Crippen LogP contribution in [0.2, 0.25) is 10.0 Å². The van der Waals surface area contributed by atoms with Gasteiger partial charge in [-0.25, -0.2) is 0 Å². The summed E-state index contributed by atoms with van der Waals surface area (Å²) in [5, 5.41) is 6.12. The van der Waals surface area contributed by atoms with E-state index in [1.54, 1.807) is 36.4 Å². The average molecular weight is 369 g/mol. The lowest BCUT2D eigenvalue weighted by molar-refractivity contribution is 0.0926. The Hall–Kier alpha value is -1.69. The van der Waals surface area contributed by atoms with Crippen LogP contribution in [0.5, 0.6) is 0 Å². The fourth-order valence-corrected chi connectivity index (χ4v) is 2.41. The van der Waals surface area contributed by atoms with E-state index in [1.165, 1.54) is 6.07 Å². The van der Waals surface area contributed by atoms with Gasteiger partial charge in [0.1, 0.15) is 0 Å². The molecule has 0 aliphatic carbocycles. The van der Waals surface area contributed by atoms with Gasteiger partial charge in [-0.1, -0.05) is 35.3 Å². The summed E-state index contributed by atoms with van der Waals surface area (Å²) in [6, 6.07) is 11.6. The van der Waals surface area contributed by atoms with Crippen LogP contribution in [0.1, 0.15) is 20.7 Å². The number of rotatable bonds is 5. The van der Waals surface area contributed by atoms with E-state index in [4.69, 9.17) is 23.2 Å². The number of carbonyl (C=O) groups excluding carboxylic acids is 2. The highest BCUT2D eigenvalue weighted by atomic mass is 35.5. The molecule has 0 heterocycles. The van der Waals surface area contributed by atoms with Crippen LogP contribution in [-0.2, 0) is 0 Å². The number of thiol groups is 1. The van der Waals surface area contributed by atoms with E-state index in [-0.39, 0.29) is 11.8 Å². The number of nitrogens with one attached hydrogen (secondary N) is 2. The number of amides is 2. The summed E-state index contributed by atoms with van der Waals surface area (Å²) >= 11 is 15.9. The van der Waals surface area contributed by atoms with Crippen molar-refractivity contribution in [1.82, 2.24) is 10.6 Å². The zero-order chi connectivity index (χ0) is 16.8. The first-order valence-electron chi connectivity index (χ1n) is 6.78. The highest BCUT2D eigenvalue weighted by Crippen LogP contribution is 2.22. The molecule has 7 heteroatoms. The van der Waals surface area contributed by atoms with Crippen LogP contribution in [0.25, 0.3) is 0 Å². The summed E-state index contributed by atoms with van der Waals surface area (Å²) < 4.78 is 0. The zero-order valence-corrected chi connectivity index (χ0v) is 14.4. The van der Waals surface area contributed by atoms with E-state index in [0.29, 0.717) is 39.2 Å². The van der Waals surface area contributed by atoms with Crippen molar-refractivity contribution in [3.05, 3.63) is 63.6 Å². The Morgan fingerprint density at radius 1 is 0.913 bits per heavy atom. The highest BCUT2D eigenvalue weighted by Gasteiger charge is 2.09. The molecule has 0 radical (unpaired) electrons. The summed E-state index contributed by atoms with van der Waals surface area (Å²) in [5.41, 5.74) is 0.901. The lowest BCUT2D eigenvalue weighted by atomic mass is 10.2. The quantitative estimate of drug-likeness (QED) is 0.559. The van der Waals surface area contributed by atoms with Crippen molar-refractivity contribution in [2.45, 2.75) is 4.90 Å². The lowest BCUT2D eigenvalue weighted by Crippen LogP contribution is -2.34. The molecule has 2 aromatic carbocycles. The standard InChI is InChI=1S/C16H14Cl2N2O2S/c17-12-6-5-10(9-13(12)18)15(21)19-7-8-20-16(22)11-3-1-2-4-14(11)23/h1-6,9,23H,7-8H2,(H,19,21)(H,20,22). The molecule has 0 saturated heterocycles. The molecule has 0 fully saturated rings. The fourth-order valence-electron chi connectivity index (χ4n) is 1.85. The molecule has 0 unspecified atom stereocenters. The van der Waals surface area contributed by atoms with Crippen molar-refractivity contribution < 1.29 is 9.59 Å². The van der Waals surface area contributed by atoms with Gasteiger partial charge in [0.05, 0.1) is 15.6 Å². The van der Waals surface area contributed by atoms with E-state index >= 15 is 0 Å². The van der Waals surface area contributed by atoms with Crippen LogP contribution in [0.15, 0.2) is 47.4 Å². The normalized spacial score (nSPS) is 10.2. The van der Waals surface area contributed by atoms with Gasteiger partial charge in [0.15, 0.2) is 0 Å². The maximum Gasteiger partial charge on any atom is 0.252 e. The predicted octanol–water partition coefficient (Wildman–Crippen LogP) is 3.44. The van der Waals surface area contributed by atoms with Crippen LogP contribution in [0.3, 0.4) is 0 Å². The van der Waals surface area contributed by atoms with Gasteiger partial charge in [0.25, 0.3) is 11.8 Å². The minimum Gasteiger partial charge on any atom is -0.350 e. The van der Waals surface area contributed by atoms with Crippen molar-refractivity contribution in [2.24, 2.45) is 0 Å². The zero-order valence-electron chi connectivity index (χ0n) is 12.0. The molecule has 0 saturated carbocycles. The SMILES string of the molecule is O=C(NCCNC(=O)c1ccccc1S)c1ccc(Cl)c(Cl)c1. The lowest BCUT2D eigenvalue weighted by Gasteiger charge is -2.09. The first-order chi connectivity index (χ1) is 11.0. The second-order valence-electron chi connectivity index (χ2n) is 4.66. The van der Waals surface area contributed by atoms with Gasteiger partial charge >= 0.3 is 0 Å². The average Bonchev–Trinajstić information content (AvgIpc) is 2.54. The van der Waals surface area contributed by atoms with Gasteiger partial charge in [-0.2, -0.15) is 0 Å². The summed E-state index contributed by atoms with van der Waals surface area (Å²) in [4.78, 5) is 24.5. The number of hydrogen-bond acceptors (Lipinski definition) is 3. The van der Waals surface area contributed by atoms with Gasteiger partial charge < -0.3 is 10.6 Å². The van der Waals surface area contributed by atoms with Gasteiger partial charge in [-0.15, -0.1) is 12.6 Å². The van der Waals surface area contributed by atoms with Gasteiger partial charge in [-0.3, -0.25) is 9.59 Å². The molecular formula is C16H14Cl2N2O2S. The van der Waals surface area contributed by atoms with Crippen LogP contribution in [-0.4, -0.2) is 24.9 Å². The monoisotopic (exact) mass is 368 g/mol. The maximum atomic E-state index is 12.0. The summed E-state index contributed by atoms with van der Waals surface area (Å²) in [6.45, 7) is 0.591. The van der Waals surface area contributed by atoms with Crippen LogP contribution < -0.4 is 10.6 Å². The molecule has 0 spiro atoms. The van der Waals surface area contributed by atoms with E-state index in [1.807, 2.05) is 0 Å². The van der Waals surface area contributed by atoms with Crippen molar-refractivity contribution in [3.63, 3.8) is 0 Å². The summed E-state index contributed by atoms with van der Waals surface area (Å²) in [7, 11) is 0. The Balaban J connectivity index is 1.81. The minimum atomic E-state index is -0.285. The Kier molecular flexibility index (Phi) is 6.33. The van der Waals surface area contributed by atoms with E-state index in [9.17, 15) is 9.59 Å². The molecule has 23 heavy (non-hydrogen) atoms. The molecule has 2 amide bonds. The smallest absolute Gasteiger partial charge is 0.252 e. The second-order valence-corrected chi connectivity index (χ2v) is 5.95. The molecule has 0 atom stereocenters. The van der Waals surface area contributed by atoms with Gasteiger partial charge in [0.2, 0.25) is 0 Å². The Morgan fingerprint density at radius 3 is 2.22 bits per heavy atom. The number of benzene rings is 2. The molecule has 2 rings (SSSR count). The third kappa shape index (κ3) is 4.89. The van der Waals surface area contributed by atoms with Crippen LogP contribution in [0, 0.1) is 0 Å². The topological polar surface area (TPSA) is 58.2 Å². The molecular weight excluding hydrogens is 355 g/mol. The first-order valence-corrected chi connectivity index (χ1v) is 7.99. The van der Waals surface area contributed by atoms with E-state index < -0.39 is 0 Å². The number of hydrogen-bond donors (Lipinski definition) is 3. The molecule has 2 N–H and O–H groups in total. The molecule has 0 aliphatic rings. The second kappa shape index (κ2) is 8.24. The summed E-state index contributed by atoms with van der Waals surface area (Å²) in [5.74, 6) is -0.521. The third-order valence-corrected chi connectivity index (χ3v) is 4.16. The molecule has 4 nitrogen and oxygen atoms in total. The Bertz CT molecular complexity index is 738. The molecule has 0 aromatic heterocycles. The van der Waals surface area contributed by atoms with Crippen molar-refractivity contribution >= 4 is 47.6 Å². The van der Waals surface area contributed by atoms with E-state index in [0.717, 1.165) is 0 Å². The molecule has 0 bridgehead atoms. The van der Waals surface area contributed by atoms with E-state index in [2.05, 4.69) is 23.3 Å². The number of halogens is 2. The van der Waals surface area contributed by atoms with Crippen LogP contribution >= 0.6 is 35.8 Å². The maximum absolute atomic E-state index is 12.0.